The molecule has 1 fully saturated rings. The van der Waals surface area contributed by atoms with Gasteiger partial charge in [-0.1, -0.05) is 18.5 Å². The van der Waals surface area contributed by atoms with Crippen LogP contribution in [0.4, 0.5) is 29.7 Å². The number of likely N-dealkylation sites (tertiary alicyclic amines) is 1. The molecule has 34 heavy (non-hydrogen) atoms. The third kappa shape index (κ3) is 6.02. The van der Waals surface area contributed by atoms with E-state index in [-0.39, 0.29) is 23.9 Å². The summed E-state index contributed by atoms with van der Waals surface area (Å²) in [5, 5.41) is 6.43. The highest BCUT2D eigenvalue weighted by Gasteiger charge is 2.36. The maximum atomic E-state index is 12.9. The molecule has 1 aliphatic heterocycles. The van der Waals surface area contributed by atoms with Crippen LogP contribution in [0.3, 0.4) is 0 Å². The maximum absolute atomic E-state index is 12.9. The Morgan fingerprint density at radius 3 is 2.56 bits per heavy atom. The summed E-state index contributed by atoms with van der Waals surface area (Å²) >= 11 is 5.70. The standard InChI is InChI=1S/C21H28ClF3N6O3/c1-11-8-31(19(32)34-20(3,4)5)9-13(11)10-33-15-12(2)29-30(6)17(15)28-18-26-7-14(16(22)27-18)21(23,24)25/h7,11,13H,8-10H2,1-6H3,(H,26,27,28)/t11-,13?/m1/s1. The lowest BCUT2D eigenvalue weighted by atomic mass is 9.99. The van der Waals surface area contributed by atoms with Gasteiger partial charge in [-0.2, -0.15) is 18.3 Å². The summed E-state index contributed by atoms with van der Waals surface area (Å²) in [5.74, 6) is 0.874. The van der Waals surface area contributed by atoms with Crippen molar-refractivity contribution < 1.29 is 27.4 Å². The van der Waals surface area contributed by atoms with Gasteiger partial charge >= 0.3 is 12.3 Å². The van der Waals surface area contributed by atoms with Crippen LogP contribution in [0, 0.1) is 18.8 Å². The van der Waals surface area contributed by atoms with Crippen LogP contribution in [0.25, 0.3) is 0 Å². The van der Waals surface area contributed by atoms with E-state index in [2.05, 4.69) is 20.4 Å². The number of carbonyl (C=O) groups is 1. The number of aromatic nitrogens is 4. The smallest absolute Gasteiger partial charge is 0.420 e. The van der Waals surface area contributed by atoms with Crippen LogP contribution >= 0.6 is 11.6 Å². The average Bonchev–Trinajstić information content (AvgIpc) is 3.17. The Hall–Kier alpha value is -2.76. The number of nitrogens with one attached hydrogen (secondary N) is 1. The zero-order chi connectivity index (χ0) is 25.4. The van der Waals surface area contributed by atoms with Crippen LogP contribution in [0.2, 0.25) is 5.15 Å². The molecule has 0 radical (unpaired) electrons. The van der Waals surface area contributed by atoms with Crippen molar-refractivity contribution in [2.45, 2.75) is 46.4 Å². The number of carbonyl (C=O) groups excluding carboxylic acids is 1. The Morgan fingerprint density at radius 2 is 1.97 bits per heavy atom. The van der Waals surface area contributed by atoms with Crippen LogP contribution in [-0.4, -0.2) is 56.0 Å². The van der Waals surface area contributed by atoms with Gasteiger partial charge in [0, 0.05) is 32.3 Å². The first kappa shape index (κ1) is 25.9. The lowest BCUT2D eigenvalue weighted by Gasteiger charge is -2.24. The Balaban J connectivity index is 1.70. The number of hydrogen-bond acceptors (Lipinski definition) is 7. The molecule has 1 unspecified atom stereocenters. The van der Waals surface area contributed by atoms with Crippen LogP contribution in [0.15, 0.2) is 6.20 Å². The van der Waals surface area contributed by atoms with Gasteiger partial charge in [0.05, 0.1) is 6.61 Å². The number of halogens is 4. The SMILES string of the molecule is Cc1nn(C)c(Nc2ncc(C(F)(F)F)c(Cl)n2)c1OCC1CN(C(=O)OC(C)(C)C)C[C@H]1C. The minimum atomic E-state index is -4.65. The minimum Gasteiger partial charge on any atom is -0.487 e. The Labute approximate surface area is 200 Å². The molecule has 0 spiro atoms. The summed E-state index contributed by atoms with van der Waals surface area (Å²) in [5.41, 5.74) is -1.13. The molecule has 188 valence electrons. The van der Waals surface area contributed by atoms with Gasteiger partial charge < -0.3 is 19.7 Å². The molecule has 1 aliphatic rings. The van der Waals surface area contributed by atoms with E-state index >= 15 is 0 Å². The van der Waals surface area contributed by atoms with E-state index in [4.69, 9.17) is 21.1 Å². The van der Waals surface area contributed by atoms with E-state index < -0.39 is 22.5 Å². The third-order valence-corrected chi connectivity index (χ3v) is 5.59. The number of hydrogen-bond donors (Lipinski definition) is 1. The summed E-state index contributed by atoms with van der Waals surface area (Å²) in [4.78, 5) is 21.5. The average molecular weight is 505 g/mol. The zero-order valence-corrected chi connectivity index (χ0v) is 20.6. The molecule has 3 heterocycles. The van der Waals surface area contributed by atoms with Gasteiger partial charge in [0.1, 0.15) is 22.0 Å². The number of nitrogens with zero attached hydrogens (tertiary/aromatic N) is 5. The van der Waals surface area contributed by atoms with Crippen molar-refractivity contribution in [3.63, 3.8) is 0 Å². The molecule has 9 nitrogen and oxygen atoms in total. The number of anilines is 2. The lowest BCUT2D eigenvalue weighted by molar-refractivity contribution is -0.137. The second kappa shape index (κ2) is 9.47. The fourth-order valence-electron chi connectivity index (χ4n) is 3.58. The number of ether oxygens (including phenoxy) is 2. The van der Waals surface area contributed by atoms with Gasteiger partial charge in [-0.3, -0.25) is 0 Å². The molecule has 0 saturated carbocycles. The topological polar surface area (TPSA) is 94.4 Å². The van der Waals surface area contributed by atoms with Crippen molar-refractivity contribution in [1.29, 1.82) is 0 Å². The lowest BCUT2D eigenvalue weighted by Crippen LogP contribution is -2.35. The van der Waals surface area contributed by atoms with Crippen molar-refractivity contribution in [3.8, 4) is 5.75 Å². The Kier molecular flexibility index (Phi) is 7.20. The highest BCUT2D eigenvalue weighted by Crippen LogP contribution is 2.35. The molecule has 1 amide bonds. The Bertz CT molecular complexity index is 1050. The van der Waals surface area contributed by atoms with E-state index in [0.717, 1.165) is 0 Å². The van der Waals surface area contributed by atoms with E-state index in [1.807, 2.05) is 27.7 Å². The molecule has 2 atom stereocenters. The van der Waals surface area contributed by atoms with Crippen molar-refractivity contribution >= 4 is 29.5 Å². The van der Waals surface area contributed by atoms with Gasteiger partial charge in [0.2, 0.25) is 5.95 Å². The first-order chi connectivity index (χ1) is 15.7. The predicted octanol–water partition coefficient (Wildman–Crippen LogP) is 4.82. The van der Waals surface area contributed by atoms with E-state index in [0.29, 0.717) is 43.2 Å². The van der Waals surface area contributed by atoms with Crippen molar-refractivity contribution in [1.82, 2.24) is 24.6 Å². The molecule has 3 rings (SSSR count). The van der Waals surface area contributed by atoms with Gasteiger partial charge in [0.15, 0.2) is 11.6 Å². The van der Waals surface area contributed by atoms with Crippen molar-refractivity contribution in [2.24, 2.45) is 18.9 Å². The first-order valence-electron chi connectivity index (χ1n) is 10.7. The molecule has 0 aliphatic carbocycles. The quantitative estimate of drug-likeness (QED) is 0.583. The molecule has 2 aromatic heterocycles. The molecule has 13 heteroatoms. The summed E-state index contributed by atoms with van der Waals surface area (Å²) in [6, 6.07) is 0. The molecule has 2 aromatic rings. The van der Waals surface area contributed by atoms with Crippen LogP contribution < -0.4 is 10.1 Å². The first-order valence-corrected chi connectivity index (χ1v) is 11.0. The molecular weight excluding hydrogens is 477 g/mol. The molecule has 1 saturated heterocycles. The monoisotopic (exact) mass is 504 g/mol. The molecule has 0 aromatic carbocycles. The van der Waals surface area contributed by atoms with Gasteiger partial charge in [-0.25, -0.2) is 19.4 Å². The van der Waals surface area contributed by atoms with Crippen molar-refractivity contribution in [2.75, 3.05) is 25.0 Å². The van der Waals surface area contributed by atoms with Crippen molar-refractivity contribution in [3.05, 3.63) is 22.6 Å². The summed E-state index contributed by atoms with van der Waals surface area (Å²) < 4.78 is 51.8. The maximum Gasteiger partial charge on any atom is 0.420 e. The van der Waals surface area contributed by atoms with Gasteiger partial charge in [-0.05, 0) is 33.6 Å². The number of rotatable bonds is 5. The minimum absolute atomic E-state index is 0.0525. The van der Waals surface area contributed by atoms with Crippen LogP contribution in [0.5, 0.6) is 5.75 Å². The largest absolute Gasteiger partial charge is 0.487 e. The summed E-state index contributed by atoms with van der Waals surface area (Å²) in [6.45, 7) is 10.6. The summed E-state index contributed by atoms with van der Waals surface area (Å²) in [7, 11) is 1.65. The van der Waals surface area contributed by atoms with E-state index in [1.165, 1.54) is 4.68 Å². The zero-order valence-electron chi connectivity index (χ0n) is 19.8. The normalized spacial score (nSPS) is 18.8. The number of alkyl halides is 3. The second-order valence-electron chi connectivity index (χ2n) is 9.34. The predicted molar refractivity (Wildman–Crippen MR) is 119 cm³/mol. The van der Waals surface area contributed by atoms with Gasteiger partial charge in [0.25, 0.3) is 0 Å². The number of aryl methyl sites for hydroxylation is 2. The van der Waals surface area contributed by atoms with E-state index in [9.17, 15) is 18.0 Å². The van der Waals surface area contributed by atoms with E-state index in [1.54, 1.807) is 18.9 Å². The second-order valence-corrected chi connectivity index (χ2v) is 9.70. The molecule has 0 bridgehead atoms. The highest BCUT2D eigenvalue weighted by molar-refractivity contribution is 6.30. The molecule has 1 N–H and O–H groups in total. The Morgan fingerprint density at radius 1 is 1.29 bits per heavy atom. The van der Waals surface area contributed by atoms with Crippen LogP contribution in [-0.2, 0) is 18.0 Å². The van der Waals surface area contributed by atoms with Gasteiger partial charge in [-0.15, -0.1) is 0 Å². The highest BCUT2D eigenvalue weighted by atomic mass is 35.5. The summed E-state index contributed by atoms with van der Waals surface area (Å²) in [6.07, 6.45) is -4.40. The third-order valence-electron chi connectivity index (χ3n) is 5.31. The fraction of sp³-hybridized carbons (Fsp3) is 0.619. The fourth-order valence-corrected chi connectivity index (χ4v) is 3.82. The van der Waals surface area contributed by atoms with Crippen LogP contribution in [0.1, 0.15) is 39.0 Å². The molecular formula is C21H28ClF3N6O3. The number of amides is 1.